The molecule has 1 amide bonds. The van der Waals surface area contributed by atoms with Crippen LogP contribution in [0.15, 0.2) is 85.2 Å². The summed E-state index contributed by atoms with van der Waals surface area (Å²) in [5.41, 5.74) is 4.68. The summed E-state index contributed by atoms with van der Waals surface area (Å²) < 4.78 is 0. The van der Waals surface area contributed by atoms with Gasteiger partial charge in [0.2, 0.25) is 0 Å². The summed E-state index contributed by atoms with van der Waals surface area (Å²) in [6, 6.07) is 24.4. The van der Waals surface area contributed by atoms with Crippen LogP contribution < -0.4 is 5.32 Å². The van der Waals surface area contributed by atoms with Gasteiger partial charge in [0.05, 0.1) is 16.8 Å². The minimum atomic E-state index is -0.0412. The summed E-state index contributed by atoms with van der Waals surface area (Å²) in [7, 11) is 0. The summed E-state index contributed by atoms with van der Waals surface area (Å²) in [4.78, 5) is 24.5. The molecule has 5 heteroatoms. The van der Waals surface area contributed by atoms with Crippen molar-refractivity contribution >= 4 is 16.8 Å². The molecule has 4 aromatic rings. The summed E-state index contributed by atoms with van der Waals surface area (Å²) >= 11 is 0. The van der Waals surface area contributed by atoms with E-state index in [9.17, 15) is 4.79 Å². The largest absolute Gasteiger partial charge is 0.352 e. The lowest BCUT2D eigenvalue weighted by atomic mass is 9.90. The summed E-state index contributed by atoms with van der Waals surface area (Å²) in [5, 5.41) is 4.02. The SMILES string of the molecule is O=C(NCCCN1CCC(Cc2ccccc2)CC1)c1cc(-c2ccncc2)nc2ccccc12. The smallest absolute Gasteiger partial charge is 0.252 e. The molecule has 1 fully saturated rings. The number of aromatic nitrogens is 2. The third kappa shape index (κ3) is 5.92. The number of fused-ring (bicyclic) bond motifs is 1. The van der Waals surface area contributed by atoms with Crippen LogP contribution in [0, 0.1) is 5.92 Å². The average Bonchev–Trinajstić information content (AvgIpc) is 2.92. The molecule has 0 radical (unpaired) electrons. The molecule has 2 aromatic carbocycles. The molecule has 1 aliphatic rings. The van der Waals surface area contributed by atoms with Crippen LogP contribution in [0.2, 0.25) is 0 Å². The van der Waals surface area contributed by atoms with Crippen LogP contribution in [-0.4, -0.2) is 47.0 Å². The van der Waals surface area contributed by atoms with Crippen molar-refractivity contribution in [3.05, 3.63) is 96.3 Å². The molecule has 0 bridgehead atoms. The predicted molar refractivity (Wildman–Crippen MR) is 141 cm³/mol. The summed E-state index contributed by atoms with van der Waals surface area (Å²) in [6.07, 6.45) is 8.14. The van der Waals surface area contributed by atoms with E-state index in [4.69, 9.17) is 4.98 Å². The highest BCUT2D eigenvalue weighted by Crippen LogP contribution is 2.25. The quantitative estimate of drug-likeness (QED) is 0.356. The lowest BCUT2D eigenvalue weighted by Crippen LogP contribution is -2.36. The van der Waals surface area contributed by atoms with Crippen LogP contribution in [0.25, 0.3) is 22.2 Å². The van der Waals surface area contributed by atoms with E-state index < -0.39 is 0 Å². The number of likely N-dealkylation sites (tertiary alicyclic amines) is 1. The molecule has 1 aliphatic heterocycles. The van der Waals surface area contributed by atoms with Crippen LogP contribution in [0.1, 0.15) is 35.2 Å². The van der Waals surface area contributed by atoms with Crippen LogP contribution in [-0.2, 0) is 6.42 Å². The normalized spacial score (nSPS) is 14.7. The Kier molecular flexibility index (Phi) is 7.44. The molecule has 0 spiro atoms. The lowest BCUT2D eigenvalue weighted by Gasteiger charge is -2.32. The van der Waals surface area contributed by atoms with Gasteiger partial charge in [-0.3, -0.25) is 9.78 Å². The number of pyridine rings is 2. The van der Waals surface area contributed by atoms with Crippen molar-refractivity contribution in [1.29, 1.82) is 0 Å². The number of hydrogen-bond donors (Lipinski definition) is 1. The van der Waals surface area contributed by atoms with E-state index in [1.807, 2.05) is 42.5 Å². The highest BCUT2D eigenvalue weighted by Gasteiger charge is 2.19. The Balaban J connectivity index is 1.14. The van der Waals surface area contributed by atoms with Crippen molar-refractivity contribution in [3.8, 4) is 11.3 Å². The van der Waals surface area contributed by atoms with E-state index in [2.05, 4.69) is 45.5 Å². The van der Waals surface area contributed by atoms with Gasteiger partial charge < -0.3 is 10.2 Å². The maximum absolute atomic E-state index is 13.1. The minimum Gasteiger partial charge on any atom is -0.352 e. The first kappa shape index (κ1) is 23.2. The number of carbonyl (C=O) groups is 1. The monoisotopic (exact) mass is 464 g/mol. The molecule has 0 atom stereocenters. The Morgan fingerprint density at radius 2 is 1.69 bits per heavy atom. The fraction of sp³-hybridized carbons (Fsp3) is 0.300. The molecule has 35 heavy (non-hydrogen) atoms. The van der Waals surface area contributed by atoms with E-state index in [0.717, 1.165) is 54.1 Å². The van der Waals surface area contributed by atoms with E-state index in [0.29, 0.717) is 12.1 Å². The van der Waals surface area contributed by atoms with E-state index >= 15 is 0 Å². The third-order valence-corrected chi connectivity index (χ3v) is 6.95. The molecule has 0 saturated carbocycles. The number of para-hydroxylation sites is 1. The van der Waals surface area contributed by atoms with Gasteiger partial charge in [-0.15, -0.1) is 0 Å². The van der Waals surface area contributed by atoms with Crippen LogP contribution in [0.4, 0.5) is 0 Å². The zero-order valence-corrected chi connectivity index (χ0v) is 20.1. The Bertz CT molecular complexity index is 1250. The van der Waals surface area contributed by atoms with Crippen molar-refractivity contribution in [3.63, 3.8) is 0 Å². The first-order chi connectivity index (χ1) is 17.3. The number of nitrogens with one attached hydrogen (secondary N) is 1. The van der Waals surface area contributed by atoms with Gasteiger partial charge in [-0.1, -0.05) is 48.5 Å². The van der Waals surface area contributed by atoms with Crippen LogP contribution >= 0.6 is 0 Å². The fourth-order valence-corrected chi connectivity index (χ4v) is 5.00. The average molecular weight is 465 g/mol. The molecule has 3 heterocycles. The van der Waals surface area contributed by atoms with Gasteiger partial charge in [-0.05, 0) is 81.1 Å². The fourth-order valence-electron chi connectivity index (χ4n) is 5.00. The molecular formula is C30H32N4O. The minimum absolute atomic E-state index is 0.0412. The van der Waals surface area contributed by atoms with Gasteiger partial charge in [-0.25, -0.2) is 4.98 Å². The zero-order chi connectivity index (χ0) is 23.9. The highest BCUT2D eigenvalue weighted by atomic mass is 16.1. The molecule has 0 unspecified atom stereocenters. The molecule has 2 aromatic heterocycles. The standard InChI is InChI=1S/C30H32N4O/c35-30(27-22-29(25-11-16-31-17-12-25)33-28-10-5-4-9-26(27)28)32-15-6-18-34-19-13-24(14-20-34)21-23-7-2-1-3-8-23/h1-5,7-12,16-17,22,24H,6,13-15,18-21H2,(H,32,35). The number of carbonyl (C=O) groups excluding carboxylic acids is 1. The van der Waals surface area contributed by atoms with Gasteiger partial charge in [0, 0.05) is 29.9 Å². The number of hydrogen-bond acceptors (Lipinski definition) is 4. The number of amides is 1. The van der Waals surface area contributed by atoms with E-state index in [-0.39, 0.29) is 5.91 Å². The molecule has 1 saturated heterocycles. The molecule has 1 N–H and O–H groups in total. The summed E-state index contributed by atoms with van der Waals surface area (Å²) in [5.74, 6) is 0.739. The third-order valence-electron chi connectivity index (χ3n) is 6.95. The van der Waals surface area contributed by atoms with Crippen molar-refractivity contribution in [2.75, 3.05) is 26.2 Å². The topological polar surface area (TPSA) is 58.1 Å². The van der Waals surface area contributed by atoms with Crippen LogP contribution in [0.3, 0.4) is 0 Å². The van der Waals surface area contributed by atoms with Gasteiger partial charge in [0.25, 0.3) is 5.91 Å². The first-order valence-electron chi connectivity index (χ1n) is 12.6. The zero-order valence-electron chi connectivity index (χ0n) is 20.1. The number of rotatable bonds is 8. The second-order valence-electron chi connectivity index (χ2n) is 9.39. The number of benzene rings is 2. The van der Waals surface area contributed by atoms with Gasteiger partial charge in [-0.2, -0.15) is 0 Å². The van der Waals surface area contributed by atoms with Crippen molar-refractivity contribution in [2.45, 2.75) is 25.7 Å². The molecule has 5 nitrogen and oxygen atoms in total. The maximum atomic E-state index is 13.1. The predicted octanol–water partition coefficient (Wildman–Crippen LogP) is 5.37. The molecule has 5 rings (SSSR count). The Morgan fingerprint density at radius 3 is 2.49 bits per heavy atom. The second kappa shape index (κ2) is 11.2. The lowest BCUT2D eigenvalue weighted by molar-refractivity contribution is 0.0952. The van der Waals surface area contributed by atoms with E-state index in [1.54, 1.807) is 12.4 Å². The Morgan fingerprint density at radius 1 is 0.943 bits per heavy atom. The van der Waals surface area contributed by atoms with E-state index in [1.165, 1.54) is 24.8 Å². The van der Waals surface area contributed by atoms with Crippen LogP contribution in [0.5, 0.6) is 0 Å². The molecule has 178 valence electrons. The Hall–Kier alpha value is -3.57. The van der Waals surface area contributed by atoms with Crippen molar-refractivity contribution < 1.29 is 4.79 Å². The van der Waals surface area contributed by atoms with Crippen molar-refractivity contribution in [2.24, 2.45) is 5.92 Å². The van der Waals surface area contributed by atoms with Crippen molar-refractivity contribution in [1.82, 2.24) is 20.2 Å². The van der Waals surface area contributed by atoms with Gasteiger partial charge in [0.1, 0.15) is 0 Å². The highest BCUT2D eigenvalue weighted by molar-refractivity contribution is 6.07. The summed E-state index contributed by atoms with van der Waals surface area (Å²) in [6.45, 7) is 3.99. The second-order valence-corrected chi connectivity index (χ2v) is 9.39. The maximum Gasteiger partial charge on any atom is 0.252 e. The molecule has 0 aliphatic carbocycles. The first-order valence-corrected chi connectivity index (χ1v) is 12.6. The van der Waals surface area contributed by atoms with Gasteiger partial charge >= 0.3 is 0 Å². The number of piperidine rings is 1. The van der Waals surface area contributed by atoms with Gasteiger partial charge in [0.15, 0.2) is 0 Å². The Labute approximate surface area is 207 Å². The number of nitrogens with zero attached hydrogens (tertiary/aromatic N) is 3. The molecular weight excluding hydrogens is 432 g/mol.